The zero-order valence-corrected chi connectivity index (χ0v) is 10.5. The van der Waals surface area contributed by atoms with Crippen molar-refractivity contribution in [3.8, 4) is 22.8 Å². The summed E-state index contributed by atoms with van der Waals surface area (Å²) in [6.45, 7) is 0.423. The molecule has 1 aromatic heterocycles. The first-order chi connectivity index (χ1) is 8.80. The van der Waals surface area contributed by atoms with Gasteiger partial charge in [-0.25, -0.2) is 0 Å². The predicted octanol–water partition coefficient (Wildman–Crippen LogP) is 2.22. The normalized spacial score (nSPS) is 10.2. The second-order valence-corrected chi connectivity index (χ2v) is 3.78. The van der Waals surface area contributed by atoms with Crippen LogP contribution in [0.3, 0.4) is 0 Å². The Labute approximate surface area is 106 Å². The van der Waals surface area contributed by atoms with Gasteiger partial charge in [-0.1, -0.05) is 6.07 Å². The Morgan fingerprint density at radius 2 is 1.83 bits per heavy atom. The van der Waals surface area contributed by atoms with Crippen LogP contribution < -0.4 is 15.2 Å². The van der Waals surface area contributed by atoms with Gasteiger partial charge >= 0.3 is 0 Å². The van der Waals surface area contributed by atoms with E-state index in [1.54, 1.807) is 20.4 Å². The Kier molecular flexibility index (Phi) is 3.79. The zero-order chi connectivity index (χ0) is 13.0. The lowest BCUT2D eigenvalue weighted by molar-refractivity contribution is 0.354. The number of pyridine rings is 1. The molecule has 0 saturated heterocycles. The standard InChI is InChI=1S/C14H16N2O2/c1-17-13-7-10(9-15)11(8-14(13)18-2)12-5-3-4-6-16-12/h3-8H,9,15H2,1-2H3. The van der Waals surface area contributed by atoms with Gasteiger partial charge in [-0.15, -0.1) is 0 Å². The van der Waals surface area contributed by atoms with Crippen molar-refractivity contribution in [3.63, 3.8) is 0 Å². The minimum Gasteiger partial charge on any atom is -0.493 e. The van der Waals surface area contributed by atoms with Gasteiger partial charge in [-0.3, -0.25) is 4.98 Å². The van der Waals surface area contributed by atoms with E-state index in [9.17, 15) is 0 Å². The summed E-state index contributed by atoms with van der Waals surface area (Å²) in [6, 6.07) is 9.57. The highest BCUT2D eigenvalue weighted by molar-refractivity contribution is 5.68. The van der Waals surface area contributed by atoms with E-state index in [4.69, 9.17) is 15.2 Å². The Balaban J connectivity index is 2.59. The third-order valence-electron chi connectivity index (χ3n) is 2.77. The molecule has 1 heterocycles. The van der Waals surface area contributed by atoms with Crippen molar-refractivity contribution < 1.29 is 9.47 Å². The number of ether oxygens (including phenoxy) is 2. The van der Waals surface area contributed by atoms with Gasteiger partial charge in [-0.05, 0) is 29.8 Å². The van der Waals surface area contributed by atoms with E-state index >= 15 is 0 Å². The van der Waals surface area contributed by atoms with Crippen molar-refractivity contribution in [1.82, 2.24) is 4.98 Å². The number of methoxy groups -OCH3 is 2. The molecule has 0 aliphatic heterocycles. The van der Waals surface area contributed by atoms with Crippen molar-refractivity contribution in [3.05, 3.63) is 42.1 Å². The summed E-state index contributed by atoms with van der Waals surface area (Å²) in [5, 5.41) is 0. The largest absolute Gasteiger partial charge is 0.493 e. The molecule has 0 saturated carbocycles. The molecule has 0 bridgehead atoms. The minimum absolute atomic E-state index is 0.423. The highest BCUT2D eigenvalue weighted by atomic mass is 16.5. The van der Waals surface area contributed by atoms with E-state index in [0.29, 0.717) is 18.0 Å². The van der Waals surface area contributed by atoms with Crippen LogP contribution in [-0.2, 0) is 6.54 Å². The highest BCUT2D eigenvalue weighted by Crippen LogP contribution is 2.34. The van der Waals surface area contributed by atoms with Crippen molar-refractivity contribution in [1.29, 1.82) is 0 Å². The lowest BCUT2D eigenvalue weighted by Gasteiger charge is -2.13. The van der Waals surface area contributed by atoms with Crippen LogP contribution in [0.25, 0.3) is 11.3 Å². The van der Waals surface area contributed by atoms with Gasteiger partial charge in [-0.2, -0.15) is 0 Å². The fourth-order valence-electron chi connectivity index (χ4n) is 1.85. The first-order valence-electron chi connectivity index (χ1n) is 5.66. The van der Waals surface area contributed by atoms with Gasteiger partial charge in [0.15, 0.2) is 11.5 Å². The van der Waals surface area contributed by atoms with Gasteiger partial charge in [0.2, 0.25) is 0 Å². The first kappa shape index (κ1) is 12.4. The van der Waals surface area contributed by atoms with Crippen molar-refractivity contribution in [2.45, 2.75) is 6.54 Å². The van der Waals surface area contributed by atoms with E-state index < -0.39 is 0 Å². The molecule has 0 aliphatic carbocycles. The van der Waals surface area contributed by atoms with Crippen LogP contribution in [0.1, 0.15) is 5.56 Å². The van der Waals surface area contributed by atoms with E-state index in [0.717, 1.165) is 16.8 Å². The summed E-state index contributed by atoms with van der Waals surface area (Å²) in [5.74, 6) is 1.35. The lowest BCUT2D eigenvalue weighted by Crippen LogP contribution is -2.02. The number of nitrogens with zero attached hydrogens (tertiary/aromatic N) is 1. The summed E-state index contributed by atoms with van der Waals surface area (Å²) in [5.41, 5.74) is 8.60. The quantitative estimate of drug-likeness (QED) is 0.896. The molecule has 4 heteroatoms. The third kappa shape index (κ3) is 2.28. The summed E-state index contributed by atoms with van der Waals surface area (Å²) < 4.78 is 10.6. The summed E-state index contributed by atoms with van der Waals surface area (Å²) in [6.07, 6.45) is 1.76. The molecule has 4 nitrogen and oxygen atoms in total. The van der Waals surface area contributed by atoms with E-state index in [1.807, 2.05) is 30.3 Å². The average molecular weight is 244 g/mol. The zero-order valence-electron chi connectivity index (χ0n) is 10.5. The van der Waals surface area contributed by atoms with Crippen LogP contribution in [0.4, 0.5) is 0 Å². The number of hydrogen-bond acceptors (Lipinski definition) is 4. The Hall–Kier alpha value is -2.07. The topological polar surface area (TPSA) is 57.4 Å². The maximum atomic E-state index is 5.78. The first-order valence-corrected chi connectivity index (χ1v) is 5.66. The van der Waals surface area contributed by atoms with Gasteiger partial charge in [0, 0.05) is 18.3 Å². The molecule has 0 spiro atoms. The Morgan fingerprint density at radius 1 is 1.11 bits per heavy atom. The van der Waals surface area contributed by atoms with E-state index in [1.165, 1.54) is 0 Å². The van der Waals surface area contributed by atoms with Crippen LogP contribution in [-0.4, -0.2) is 19.2 Å². The van der Waals surface area contributed by atoms with Gasteiger partial charge in [0.05, 0.1) is 19.9 Å². The second-order valence-electron chi connectivity index (χ2n) is 3.78. The number of hydrogen-bond donors (Lipinski definition) is 1. The molecule has 0 amide bonds. The SMILES string of the molecule is COc1cc(CN)c(-c2ccccn2)cc1OC. The third-order valence-corrected chi connectivity index (χ3v) is 2.77. The number of benzene rings is 1. The van der Waals surface area contributed by atoms with Crippen LogP contribution in [0.15, 0.2) is 36.5 Å². The Morgan fingerprint density at radius 3 is 2.39 bits per heavy atom. The molecule has 2 aromatic rings. The molecule has 94 valence electrons. The van der Waals surface area contributed by atoms with Gasteiger partial charge in [0.25, 0.3) is 0 Å². The molecule has 0 radical (unpaired) electrons. The molecule has 0 fully saturated rings. The molecule has 2 N–H and O–H groups in total. The fourth-order valence-corrected chi connectivity index (χ4v) is 1.85. The monoisotopic (exact) mass is 244 g/mol. The highest BCUT2D eigenvalue weighted by Gasteiger charge is 2.12. The predicted molar refractivity (Wildman–Crippen MR) is 70.7 cm³/mol. The Bertz CT molecular complexity index is 527. The smallest absolute Gasteiger partial charge is 0.161 e. The van der Waals surface area contributed by atoms with Crippen molar-refractivity contribution in [2.75, 3.05) is 14.2 Å². The van der Waals surface area contributed by atoms with E-state index in [-0.39, 0.29) is 0 Å². The number of aromatic nitrogens is 1. The van der Waals surface area contributed by atoms with Gasteiger partial charge in [0.1, 0.15) is 0 Å². The molecule has 0 atom stereocenters. The maximum Gasteiger partial charge on any atom is 0.161 e. The van der Waals surface area contributed by atoms with Crippen LogP contribution >= 0.6 is 0 Å². The molecular formula is C14H16N2O2. The molecule has 18 heavy (non-hydrogen) atoms. The summed E-state index contributed by atoms with van der Waals surface area (Å²) in [4.78, 5) is 4.34. The lowest BCUT2D eigenvalue weighted by atomic mass is 10.0. The van der Waals surface area contributed by atoms with Crippen molar-refractivity contribution in [2.24, 2.45) is 5.73 Å². The molecule has 0 aliphatic rings. The molecular weight excluding hydrogens is 228 g/mol. The fraction of sp³-hybridized carbons (Fsp3) is 0.214. The average Bonchev–Trinajstić information content (AvgIpc) is 2.46. The molecule has 2 rings (SSSR count). The number of rotatable bonds is 4. The van der Waals surface area contributed by atoms with Crippen LogP contribution in [0.2, 0.25) is 0 Å². The van der Waals surface area contributed by atoms with Crippen LogP contribution in [0, 0.1) is 0 Å². The van der Waals surface area contributed by atoms with Crippen LogP contribution in [0.5, 0.6) is 11.5 Å². The van der Waals surface area contributed by atoms with Crippen molar-refractivity contribution >= 4 is 0 Å². The minimum atomic E-state index is 0.423. The number of nitrogens with two attached hydrogens (primary N) is 1. The molecule has 1 aromatic carbocycles. The maximum absolute atomic E-state index is 5.78. The second kappa shape index (κ2) is 5.51. The van der Waals surface area contributed by atoms with E-state index in [2.05, 4.69) is 4.98 Å². The summed E-state index contributed by atoms with van der Waals surface area (Å²) >= 11 is 0. The summed E-state index contributed by atoms with van der Waals surface area (Å²) in [7, 11) is 3.22. The molecule has 0 unspecified atom stereocenters. The van der Waals surface area contributed by atoms with Gasteiger partial charge < -0.3 is 15.2 Å².